The maximum Gasteiger partial charge on any atom is 0.0896 e. The van der Waals surface area contributed by atoms with Gasteiger partial charge in [0.2, 0.25) is 0 Å². The lowest BCUT2D eigenvalue weighted by Gasteiger charge is -2.30. The molecule has 1 unspecified atom stereocenters. The van der Waals surface area contributed by atoms with Gasteiger partial charge in [0, 0.05) is 16.4 Å². The Kier molecular flexibility index (Phi) is 5.98. The zero-order valence-corrected chi connectivity index (χ0v) is 13.0. The van der Waals surface area contributed by atoms with Crippen molar-refractivity contribution in [1.82, 2.24) is 4.98 Å². The fraction of sp³-hybridized carbons (Fsp3) is 0.769. The molecule has 0 N–H and O–H groups in total. The van der Waals surface area contributed by atoms with Crippen LogP contribution in [0.3, 0.4) is 0 Å². The molecule has 1 heterocycles. The van der Waals surface area contributed by atoms with Gasteiger partial charge in [0.25, 0.3) is 0 Å². The van der Waals surface area contributed by atoms with E-state index in [1.54, 1.807) is 0 Å². The van der Waals surface area contributed by atoms with E-state index in [9.17, 15) is 0 Å². The Morgan fingerprint density at radius 2 is 2.19 bits per heavy atom. The third-order valence-electron chi connectivity index (χ3n) is 3.31. The summed E-state index contributed by atoms with van der Waals surface area (Å²) in [4.78, 5) is 5.79. The van der Waals surface area contributed by atoms with Crippen LogP contribution in [0, 0.1) is 12.3 Å². The first kappa shape index (κ1) is 14.2. The predicted molar refractivity (Wildman–Crippen MR) is 76.6 cm³/mol. The lowest BCUT2D eigenvalue weighted by Crippen LogP contribution is -2.24. The normalized spacial score (nSPS) is 15.0. The van der Waals surface area contributed by atoms with E-state index in [1.807, 2.05) is 11.3 Å². The van der Waals surface area contributed by atoms with E-state index < -0.39 is 0 Å². The van der Waals surface area contributed by atoms with Gasteiger partial charge in [-0.2, -0.15) is 0 Å². The number of hydrogen-bond acceptors (Lipinski definition) is 2. The van der Waals surface area contributed by atoms with Gasteiger partial charge in [-0.25, -0.2) is 4.98 Å². The summed E-state index contributed by atoms with van der Waals surface area (Å²) in [6, 6.07) is 0. The summed E-state index contributed by atoms with van der Waals surface area (Å²) in [5.41, 5.74) is 0.439. The standard InChI is InChI=1S/C13H22BrNS/c1-4-6-7-13(5-2,10-14)8-12-9-15-11(3)16-12/h9H,4-8,10H2,1-3H3. The first-order valence-electron chi connectivity index (χ1n) is 6.13. The molecule has 0 aliphatic rings. The highest BCUT2D eigenvalue weighted by Crippen LogP contribution is 2.36. The summed E-state index contributed by atoms with van der Waals surface area (Å²) >= 11 is 5.56. The minimum Gasteiger partial charge on any atom is -0.250 e. The molecule has 1 nitrogen and oxygen atoms in total. The SMILES string of the molecule is CCCCC(CC)(CBr)Cc1cnc(C)s1. The first-order valence-corrected chi connectivity index (χ1v) is 8.07. The van der Waals surface area contributed by atoms with E-state index in [1.165, 1.54) is 42.0 Å². The van der Waals surface area contributed by atoms with E-state index in [2.05, 4.69) is 47.9 Å². The van der Waals surface area contributed by atoms with Crippen molar-refractivity contribution in [3.05, 3.63) is 16.1 Å². The highest BCUT2D eigenvalue weighted by molar-refractivity contribution is 9.09. The van der Waals surface area contributed by atoms with Crippen molar-refractivity contribution in [3.63, 3.8) is 0 Å². The van der Waals surface area contributed by atoms with Crippen LogP contribution < -0.4 is 0 Å². The summed E-state index contributed by atoms with van der Waals surface area (Å²) in [5, 5.41) is 2.29. The molecule has 1 aromatic heterocycles. The van der Waals surface area contributed by atoms with Gasteiger partial charge in [-0.05, 0) is 31.6 Å². The van der Waals surface area contributed by atoms with Gasteiger partial charge in [0.1, 0.15) is 0 Å². The van der Waals surface area contributed by atoms with Gasteiger partial charge in [-0.15, -0.1) is 11.3 Å². The Bertz CT molecular complexity index is 305. The third kappa shape index (κ3) is 3.85. The van der Waals surface area contributed by atoms with Crippen LogP contribution in [-0.2, 0) is 6.42 Å². The molecule has 0 fully saturated rings. The smallest absolute Gasteiger partial charge is 0.0896 e. The molecular weight excluding hydrogens is 282 g/mol. The summed E-state index contributed by atoms with van der Waals surface area (Å²) in [6.07, 6.45) is 8.42. The van der Waals surface area contributed by atoms with Gasteiger partial charge in [0.05, 0.1) is 5.01 Å². The van der Waals surface area contributed by atoms with E-state index in [0.29, 0.717) is 5.41 Å². The molecule has 0 radical (unpaired) electrons. The molecule has 16 heavy (non-hydrogen) atoms. The molecule has 0 saturated heterocycles. The van der Waals surface area contributed by atoms with Crippen molar-refractivity contribution >= 4 is 27.3 Å². The van der Waals surface area contributed by atoms with E-state index >= 15 is 0 Å². The molecule has 1 aromatic rings. The number of aryl methyl sites for hydroxylation is 1. The molecule has 0 aliphatic heterocycles. The van der Waals surface area contributed by atoms with E-state index in [-0.39, 0.29) is 0 Å². The summed E-state index contributed by atoms with van der Waals surface area (Å²) in [7, 11) is 0. The summed E-state index contributed by atoms with van der Waals surface area (Å²) < 4.78 is 0. The second kappa shape index (κ2) is 6.75. The number of thiazole rings is 1. The fourth-order valence-corrected chi connectivity index (χ4v) is 3.85. The number of hydrogen-bond donors (Lipinski definition) is 0. The third-order valence-corrected chi connectivity index (χ3v) is 5.41. The van der Waals surface area contributed by atoms with Crippen molar-refractivity contribution in [2.45, 2.75) is 52.9 Å². The second-order valence-corrected chi connectivity index (χ2v) is 6.49. The molecule has 0 spiro atoms. The lowest BCUT2D eigenvalue weighted by molar-refractivity contribution is 0.285. The van der Waals surface area contributed by atoms with Crippen LogP contribution >= 0.6 is 27.3 Å². The predicted octanol–water partition coefficient (Wildman–Crippen LogP) is 4.98. The summed E-state index contributed by atoms with van der Waals surface area (Å²) in [5.74, 6) is 0. The van der Waals surface area contributed by atoms with Crippen molar-refractivity contribution in [2.24, 2.45) is 5.41 Å². The highest BCUT2D eigenvalue weighted by Gasteiger charge is 2.27. The van der Waals surface area contributed by atoms with Gasteiger partial charge in [-0.3, -0.25) is 0 Å². The Morgan fingerprint density at radius 3 is 2.62 bits per heavy atom. The Labute approximate surface area is 112 Å². The lowest BCUT2D eigenvalue weighted by atomic mass is 9.79. The van der Waals surface area contributed by atoms with Crippen LogP contribution in [0.25, 0.3) is 0 Å². The maximum absolute atomic E-state index is 4.35. The van der Waals surface area contributed by atoms with Gasteiger partial charge < -0.3 is 0 Å². The quantitative estimate of drug-likeness (QED) is 0.648. The molecule has 1 rings (SSSR count). The Hall–Kier alpha value is 0.110. The van der Waals surface area contributed by atoms with Crippen molar-refractivity contribution in [1.29, 1.82) is 0 Å². The molecule has 0 amide bonds. The van der Waals surface area contributed by atoms with Crippen LogP contribution in [0.1, 0.15) is 49.4 Å². The van der Waals surface area contributed by atoms with Crippen LogP contribution in [-0.4, -0.2) is 10.3 Å². The number of unbranched alkanes of at least 4 members (excludes halogenated alkanes) is 1. The number of alkyl halides is 1. The van der Waals surface area contributed by atoms with Crippen molar-refractivity contribution in [3.8, 4) is 0 Å². The van der Waals surface area contributed by atoms with Gasteiger partial charge in [0.15, 0.2) is 0 Å². The van der Waals surface area contributed by atoms with Crippen LogP contribution in [0.2, 0.25) is 0 Å². The van der Waals surface area contributed by atoms with Crippen molar-refractivity contribution in [2.75, 3.05) is 5.33 Å². The maximum atomic E-state index is 4.35. The molecule has 92 valence electrons. The number of rotatable bonds is 7. The average molecular weight is 304 g/mol. The minimum absolute atomic E-state index is 0.439. The van der Waals surface area contributed by atoms with Crippen LogP contribution in [0.5, 0.6) is 0 Å². The largest absolute Gasteiger partial charge is 0.250 e. The molecule has 0 bridgehead atoms. The van der Waals surface area contributed by atoms with Gasteiger partial charge >= 0.3 is 0 Å². The number of aromatic nitrogens is 1. The minimum atomic E-state index is 0.439. The first-order chi connectivity index (χ1) is 7.65. The molecular formula is C13H22BrNS. The van der Waals surface area contributed by atoms with E-state index in [0.717, 1.165) is 5.33 Å². The second-order valence-electron chi connectivity index (χ2n) is 4.61. The van der Waals surface area contributed by atoms with Gasteiger partial charge in [-0.1, -0.05) is 42.6 Å². The number of halogens is 1. The fourth-order valence-electron chi connectivity index (χ4n) is 2.01. The molecule has 0 saturated carbocycles. The summed E-state index contributed by atoms with van der Waals surface area (Å²) in [6.45, 7) is 6.66. The average Bonchev–Trinajstić information content (AvgIpc) is 2.70. The highest BCUT2D eigenvalue weighted by atomic mass is 79.9. The van der Waals surface area contributed by atoms with E-state index in [4.69, 9.17) is 0 Å². The topological polar surface area (TPSA) is 12.9 Å². The monoisotopic (exact) mass is 303 g/mol. The molecule has 0 aromatic carbocycles. The molecule has 3 heteroatoms. The number of nitrogens with zero attached hydrogens (tertiary/aromatic N) is 1. The molecule has 1 atom stereocenters. The van der Waals surface area contributed by atoms with Crippen molar-refractivity contribution < 1.29 is 0 Å². The molecule has 0 aliphatic carbocycles. The zero-order chi connectivity index (χ0) is 12.0. The van der Waals surface area contributed by atoms with Crippen LogP contribution in [0.4, 0.5) is 0 Å². The Morgan fingerprint density at radius 1 is 1.44 bits per heavy atom. The zero-order valence-electron chi connectivity index (χ0n) is 10.6. The Balaban J connectivity index is 2.69. The van der Waals surface area contributed by atoms with Crippen LogP contribution in [0.15, 0.2) is 6.20 Å².